The van der Waals surface area contributed by atoms with Gasteiger partial charge in [0.15, 0.2) is 5.78 Å². The van der Waals surface area contributed by atoms with Crippen LogP contribution in [0.2, 0.25) is 0 Å². The number of hydrogen-bond donors (Lipinski definition) is 2. The Kier molecular flexibility index (Phi) is 6.83. The van der Waals surface area contributed by atoms with Crippen LogP contribution in [0.15, 0.2) is 96.2 Å². The van der Waals surface area contributed by atoms with Crippen molar-refractivity contribution in [2.45, 2.75) is 4.90 Å². The fraction of sp³-hybridized carbons (Fsp3) is 0.0400. The highest BCUT2D eigenvalue weighted by atomic mass is 32.2. The molecule has 0 radical (unpaired) electrons. The molecule has 176 valence electrons. The Morgan fingerprint density at radius 3 is 2.09 bits per heavy atom. The van der Waals surface area contributed by atoms with E-state index in [9.17, 15) is 18.0 Å². The smallest absolute Gasteiger partial charge is 0.263 e. The lowest BCUT2D eigenvalue weighted by atomic mass is 10.0. The highest BCUT2D eigenvalue weighted by Gasteiger charge is 2.16. The minimum absolute atomic E-state index is 0.0168. The van der Waals surface area contributed by atoms with Gasteiger partial charge in [0.25, 0.3) is 15.9 Å². The zero-order valence-electron chi connectivity index (χ0n) is 18.5. The van der Waals surface area contributed by atoms with Crippen LogP contribution in [0.5, 0.6) is 5.88 Å². The quantitative estimate of drug-likeness (QED) is 0.361. The third kappa shape index (κ3) is 5.68. The third-order valence-corrected chi connectivity index (χ3v) is 6.33. The van der Waals surface area contributed by atoms with Gasteiger partial charge in [-0.05, 0) is 36.4 Å². The molecule has 0 saturated carbocycles. The summed E-state index contributed by atoms with van der Waals surface area (Å²) in [5.74, 6) is -0.259. The van der Waals surface area contributed by atoms with Crippen molar-refractivity contribution < 1.29 is 22.7 Å². The summed E-state index contributed by atoms with van der Waals surface area (Å²) in [4.78, 5) is 32.8. The van der Waals surface area contributed by atoms with Crippen LogP contribution in [-0.4, -0.2) is 37.2 Å². The number of benzene rings is 3. The summed E-state index contributed by atoms with van der Waals surface area (Å²) in [6.45, 7) is 0. The van der Waals surface area contributed by atoms with Crippen LogP contribution in [0.4, 0.5) is 11.5 Å². The maximum absolute atomic E-state index is 12.6. The molecule has 35 heavy (non-hydrogen) atoms. The van der Waals surface area contributed by atoms with Crippen LogP contribution in [0.25, 0.3) is 0 Å². The Bertz CT molecular complexity index is 1460. The van der Waals surface area contributed by atoms with Crippen LogP contribution in [0, 0.1) is 0 Å². The van der Waals surface area contributed by atoms with Crippen LogP contribution < -0.4 is 14.8 Å². The number of methoxy groups -OCH3 is 1. The number of amides is 1. The number of ether oxygens (including phenoxy) is 1. The molecule has 0 aliphatic rings. The van der Waals surface area contributed by atoms with E-state index in [0.29, 0.717) is 22.4 Å². The predicted molar refractivity (Wildman–Crippen MR) is 130 cm³/mol. The molecule has 0 saturated heterocycles. The highest BCUT2D eigenvalue weighted by Crippen LogP contribution is 2.19. The Labute approximate surface area is 201 Å². The first kappa shape index (κ1) is 23.6. The molecule has 1 aromatic heterocycles. The second kappa shape index (κ2) is 10.1. The number of hydrogen-bond acceptors (Lipinski definition) is 7. The number of carbonyl (C=O) groups is 2. The second-order valence-corrected chi connectivity index (χ2v) is 8.98. The Morgan fingerprint density at radius 1 is 0.800 bits per heavy atom. The molecule has 0 spiro atoms. The highest BCUT2D eigenvalue weighted by molar-refractivity contribution is 7.92. The van der Waals surface area contributed by atoms with E-state index < -0.39 is 15.9 Å². The third-order valence-electron chi connectivity index (χ3n) is 4.96. The summed E-state index contributed by atoms with van der Waals surface area (Å²) < 4.78 is 32.5. The van der Waals surface area contributed by atoms with Crippen molar-refractivity contribution in [3.63, 3.8) is 0 Å². The molecule has 10 heteroatoms. The minimum atomic E-state index is -3.91. The van der Waals surface area contributed by atoms with Gasteiger partial charge in [0.05, 0.1) is 12.0 Å². The minimum Gasteiger partial charge on any atom is -0.481 e. The Hall–Kier alpha value is -4.57. The molecule has 1 heterocycles. The van der Waals surface area contributed by atoms with Gasteiger partial charge in [-0.3, -0.25) is 14.3 Å². The summed E-state index contributed by atoms with van der Waals surface area (Å²) in [6, 6.07) is 22.2. The number of anilines is 2. The van der Waals surface area contributed by atoms with Gasteiger partial charge in [-0.15, -0.1) is 0 Å². The van der Waals surface area contributed by atoms with E-state index in [4.69, 9.17) is 4.74 Å². The molecule has 0 bridgehead atoms. The predicted octanol–water partition coefficient (Wildman–Crippen LogP) is 3.77. The van der Waals surface area contributed by atoms with Crippen LogP contribution in [0.3, 0.4) is 0 Å². The Morgan fingerprint density at radius 2 is 1.43 bits per heavy atom. The van der Waals surface area contributed by atoms with Crippen LogP contribution >= 0.6 is 0 Å². The van der Waals surface area contributed by atoms with Gasteiger partial charge in [0.1, 0.15) is 12.1 Å². The standard InChI is InChI=1S/C25H20N4O5S/c1-34-23-15-22(26-16-27-23)29-35(32,33)21-13-11-20(12-14-21)28-25(31)19-9-7-18(8-10-19)24(30)17-5-3-2-4-6-17/h2-16H,1H3,(H,28,31)(H,26,27,29). The molecule has 0 atom stereocenters. The zero-order chi connectivity index (χ0) is 24.8. The van der Waals surface area contributed by atoms with Crippen molar-refractivity contribution in [3.8, 4) is 5.88 Å². The van der Waals surface area contributed by atoms with E-state index in [1.165, 1.54) is 43.8 Å². The van der Waals surface area contributed by atoms with Gasteiger partial charge in [-0.2, -0.15) is 0 Å². The molecule has 0 unspecified atom stereocenters. The fourth-order valence-electron chi connectivity index (χ4n) is 3.15. The lowest BCUT2D eigenvalue weighted by molar-refractivity contribution is 0.102. The summed E-state index contributed by atoms with van der Waals surface area (Å²) >= 11 is 0. The zero-order valence-corrected chi connectivity index (χ0v) is 19.3. The SMILES string of the molecule is COc1cc(NS(=O)(=O)c2ccc(NC(=O)c3ccc(C(=O)c4ccccc4)cc3)cc2)ncn1. The van der Waals surface area contributed by atoms with Crippen LogP contribution in [-0.2, 0) is 10.0 Å². The second-order valence-electron chi connectivity index (χ2n) is 7.30. The molecule has 3 aromatic carbocycles. The summed E-state index contributed by atoms with van der Waals surface area (Å²) in [6.07, 6.45) is 1.18. The van der Waals surface area contributed by atoms with E-state index in [2.05, 4.69) is 20.0 Å². The number of rotatable bonds is 8. The molecule has 1 amide bonds. The maximum Gasteiger partial charge on any atom is 0.263 e. The molecule has 0 fully saturated rings. The molecular weight excluding hydrogens is 468 g/mol. The molecule has 0 aliphatic carbocycles. The molecule has 0 aliphatic heterocycles. The number of carbonyl (C=O) groups excluding carboxylic acids is 2. The normalized spacial score (nSPS) is 10.9. The summed E-state index contributed by atoms with van der Waals surface area (Å²) in [5, 5.41) is 2.71. The van der Waals surface area contributed by atoms with Gasteiger partial charge >= 0.3 is 0 Å². The molecule has 4 aromatic rings. The first-order chi connectivity index (χ1) is 16.9. The van der Waals surface area contributed by atoms with Gasteiger partial charge in [-0.25, -0.2) is 18.4 Å². The van der Waals surface area contributed by atoms with Crippen molar-refractivity contribution in [2.75, 3.05) is 17.1 Å². The molecular formula is C25H20N4O5S. The number of ketones is 1. The van der Waals surface area contributed by atoms with Crippen molar-refractivity contribution in [3.05, 3.63) is 108 Å². The largest absolute Gasteiger partial charge is 0.481 e. The van der Waals surface area contributed by atoms with E-state index in [1.54, 1.807) is 48.5 Å². The van der Waals surface area contributed by atoms with Crippen molar-refractivity contribution in [2.24, 2.45) is 0 Å². The first-order valence-corrected chi connectivity index (χ1v) is 11.8. The monoisotopic (exact) mass is 488 g/mol. The number of nitrogens with one attached hydrogen (secondary N) is 2. The van der Waals surface area contributed by atoms with E-state index >= 15 is 0 Å². The maximum atomic E-state index is 12.6. The van der Waals surface area contributed by atoms with Crippen molar-refractivity contribution in [1.29, 1.82) is 0 Å². The average molecular weight is 489 g/mol. The van der Waals surface area contributed by atoms with Gasteiger partial charge in [-0.1, -0.05) is 42.5 Å². The lowest BCUT2D eigenvalue weighted by Crippen LogP contribution is -2.15. The van der Waals surface area contributed by atoms with E-state index in [-0.39, 0.29) is 22.4 Å². The number of aromatic nitrogens is 2. The van der Waals surface area contributed by atoms with Gasteiger partial charge in [0, 0.05) is 28.4 Å². The molecule has 4 rings (SSSR count). The number of sulfonamides is 1. The summed E-state index contributed by atoms with van der Waals surface area (Å²) in [7, 11) is -2.50. The van der Waals surface area contributed by atoms with E-state index in [0.717, 1.165) is 0 Å². The van der Waals surface area contributed by atoms with Crippen LogP contribution in [0.1, 0.15) is 26.3 Å². The number of nitrogens with zero attached hydrogens (tertiary/aromatic N) is 2. The first-order valence-electron chi connectivity index (χ1n) is 10.4. The van der Waals surface area contributed by atoms with Gasteiger partial charge < -0.3 is 10.1 Å². The average Bonchev–Trinajstić information content (AvgIpc) is 2.89. The van der Waals surface area contributed by atoms with E-state index in [1.807, 2.05) is 6.07 Å². The topological polar surface area (TPSA) is 127 Å². The van der Waals surface area contributed by atoms with Crippen molar-refractivity contribution >= 4 is 33.2 Å². The molecule has 9 nitrogen and oxygen atoms in total. The van der Waals surface area contributed by atoms with Crippen molar-refractivity contribution in [1.82, 2.24) is 9.97 Å². The fourth-order valence-corrected chi connectivity index (χ4v) is 4.15. The van der Waals surface area contributed by atoms with Gasteiger partial charge in [0.2, 0.25) is 5.88 Å². The summed E-state index contributed by atoms with van der Waals surface area (Å²) in [5.41, 5.74) is 1.79. The molecule has 2 N–H and O–H groups in total. The Balaban J connectivity index is 1.41. The lowest BCUT2D eigenvalue weighted by Gasteiger charge is -2.10.